The predicted molar refractivity (Wildman–Crippen MR) is 56.0 cm³/mol. The van der Waals surface area contributed by atoms with E-state index in [4.69, 9.17) is 11.5 Å². The zero-order valence-corrected chi connectivity index (χ0v) is 8.26. The highest BCUT2D eigenvalue weighted by molar-refractivity contribution is 5.85. The number of hydrogen-bond donors (Lipinski definition) is 2. The van der Waals surface area contributed by atoms with Gasteiger partial charge in [0.25, 0.3) is 0 Å². The molecule has 1 atom stereocenters. The summed E-state index contributed by atoms with van der Waals surface area (Å²) >= 11 is 0. The highest BCUT2D eigenvalue weighted by Gasteiger charge is 2.30. The number of anilines is 2. The zero-order chi connectivity index (χ0) is 10.8. The monoisotopic (exact) mass is 207 g/mol. The van der Waals surface area contributed by atoms with Gasteiger partial charge in [-0.25, -0.2) is 9.97 Å². The molecular weight excluding hydrogens is 194 g/mol. The number of carbonyl (C=O) groups is 1. The molecule has 1 fully saturated rings. The minimum absolute atomic E-state index is 0.290. The lowest BCUT2D eigenvalue weighted by atomic mass is 10.2. The van der Waals surface area contributed by atoms with E-state index in [2.05, 4.69) is 9.97 Å². The molecule has 6 heteroatoms. The molecule has 1 aromatic rings. The second-order valence-corrected chi connectivity index (χ2v) is 3.56. The molecule has 0 aliphatic carbocycles. The third-order valence-electron chi connectivity index (χ3n) is 2.57. The molecule has 0 aromatic carbocycles. The van der Waals surface area contributed by atoms with Crippen molar-refractivity contribution in [3.8, 4) is 0 Å². The van der Waals surface area contributed by atoms with Gasteiger partial charge in [-0.3, -0.25) is 4.79 Å². The molecule has 0 saturated carbocycles. The van der Waals surface area contributed by atoms with Crippen LogP contribution in [0.4, 0.5) is 11.5 Å². The second-order valence-electron chi connectivity index (χ2n) is 3.56. The number of amides is 1. The largest absolute Gasteiger partial charge is 0.394 e. The third-order valence-corrected chi connectivity index (χ3v) is 2.57. The average molecular weight is 207 g/mol. The first-order valence-corrected chi connectivity index (χ1v) is 4.81. The van der Waals surface area contributed by atoms with E-state index in [9.17, 15) is 4.79 Å². The van der Waals surface area contributed by atoms with Gasteiger partial charge in [0.1, 0.15) is 12.4 Å². The summed E-state index contributed by atoms with van der Waals surface area (Å²) in [6.45, 7) is 0.759. The quantitative estimate of drug-likeness (QED) is 0.682. The number of nitrogens with two attached hydrogens (primary N) is 2. The number of carbonyl (C=O) groups excluding carboxylic acids is 1. The van der Waals surface area contributed by atoms with Crippen LogP contribution in [-0.2, 0) is 4.79 Å². The van der Waals surface area contributed by atoms with Gasteiger partial charge < -0.3 is 16.4 Å². The van der Waals surface area contributed by atoms with Crippen LogP contribution in [0.2, 0.25) is 0 Å². The summed E-state index contributed by atoms with van der Waals surface area (Å²) in [6, 6.07) is -0.290. The van der Waals surface area contributed by atoms with Crippen molar-refractivity contribution < 1.29 is 4.79 Å². The average Bonchev–Trinajstić information content (AvgIpc) is 2.67. The standard InChI is InChI=1S/C9H13N5O/c10-6-4-12-5-13-9(6)14-3-1-2-7(14)8(11)15/h4-5,7H,1-3,10H2,(H2,11,15). The maximum absolute atomic E-state index is 11.2. The minimum Gasteiger partial charge on any atom is -0.394 e. The van der Waals surface area contributed by atoms with Crippen molar-refractivity contribution in [1.29, 1.82) is 0 Å². The van der Waals surface area contributed by atoms with Gasteiger partial charge in [-0.2, -0.15) is 0 Å². The summed E-state index contributed by atoms with van der Waals surface area (Å²) in [5.74, 6) is 0.275. The number of aromatic nitrogens is 2. The van der Waals surface area contributed by atoms with E-state index >= 15 is 0 Å². The summed E-state index contributed by atoms with van der Waals surface area (Å²) in [4.78, 5) is 20.9. The van der Waals surface area contributed by atoms with Crippen molar-refractivity contribution in [2.75, 3.05) is 17.2 Å². The Kier molecular flexibility index (Phi) is 2.40. The lowest BCUT2D eigenvalue weighted by molar-refractivity contribution is -0.119. The van der Waals surface area contributed by atoms with Gasteiger partial charge in [0.2, 0.25) is 5.91 Å². The third kappa shape index (κ3) is 1.70. The van der Waals surface area contributed by atoms with Crippen molar-refractivity contribution in [3.63, 3.8) is 0 Å². The molecule has 1 aromatic heterocycles. The first-order chi connectivity index (χ1) is 7.20. The van der Waals surface area contributed by atoms with Crippen LogP contribution >= 0.6 is 0 Å². The fraction of sp³-hybridized carbons (Fsp3) is 0.444. The SMILES string of the molecule is NC(=O)C1CCCN1c1ncncc1N. The highest BCUT2D eigenvalue weighted by Crippen LogP contribution is 2.27. The predicted octanol–water partition coefficient (Wildman–Crippen LogP) is -0.487. The molecule has 1 aliphatic heterocycles. The van der Waals surface area contributed by atoms with Crippen molar-refractivity contribution in [2.24, 2.45) is 5.73 Å². The van der Waals surface area contributed by atoms with Gasteiger partial charge in [-0.1, -0.05) is 0 Å². The van der Waals surface area contributed by atoms with Crippen LogP contribution < -0.4 is 16.4 Å². The van der Waals surface area contributed by atoms with Gasteiger partial charge >= 0.3 is 0 Å². The number of hydrogen-bond acceptors (Lipinski definition) is 5. The fourth-order valence-corrected chi connectivity index (χ4v) is 1.89. The fourth-order valence-electron chi connectivity index (χ4n) is 1.89. The van der Waals surface area contributed by atoms with Crippen molar-refractivity contribution >= 4 is 17.4 Å². The van der Waals surface area contributed by atoms with Crippen LogP contribution in [0.1, 0.15) is 12.8 Å². The minimum atomic E-state index is -0.328. The van der Waals surface area contributed by atoms with Gasteiger partial charge in [0.05, 0.1) is 11.9 Å². The summed E-state index contributed by atoms with van der Waals surface area (Å²) in [5, 5.41) is 0. The van der Waals surface area contributed by atoms with Gasteiger partial charge in [0.15, 0.2) is 5.82 Å². The molecule has 0 bridgehead atoms. The van der Waals surface area contributed by atoms with E-state index in [1.807, 2.05) is 4.90 Å². The van der Waals surface area contributed by atoms with Gasteiger partial charge in [-0.15, -0.1) is 0 Å². The van der Waals surface area contributed by atoms with Crippen LogP contribution in [0.5, 0.6) is 0 Å². The molecule has 1 aliphatic rings. The summed E-state index contributed by atoms with van der Waals surface area (Å²) in [7, 11) is 0. The molecular formula is C9H13N5O. The smallest absolute Gasteiger partial charge is 0.240 e. The van der Waals surface area contributed by atoms with Crippen LogP contribution in [0.25, 0.3) is 0 Å². The van der Waals surface area contributed by atoms with Gasteiger partial charge in [0, 0.05) is 6.54 Å². The second kappa shape index (κ2) is 3.72. The van der Waals surface area contributed by atoms with Crippen molar-refractivity contribution in [3.05, 3.63) is 12.5 Å². The molecule has 0 radical (unpaired) electrons. The molecule has 0 spiro atoms. The number of nitrogens with zero attached hydrogens (tertiary/aromatic N) is 3. The summed E-state index contributed by atoms with van der Waals surface area (Å²) in [5.41, 5.74) is 11.5. The van der Waals surface area contributed by atoms with Gasteiger partial charge in [-0.05, 0) is 12.8 Å². The van der Waals surface area contributed by atoms with Crippen molar-refractivity contribution in [2.45, 2.75) is 18.9 Å². The zero-order valence-electron chi connectivity index (χ0n) is 8.26. The molecule has 1 saturated heterocycles. The Balaban J connectivity index is 2.30. The molecule has 15 heavy (non-hydrogen) atoms. The lowest BCUT2D eigenvalue weighted by Crippen LogP contribution is -2.41. The Labute approximate surface area is 87.3 Å². The van der Waals surface area contributed by atoms with Crippen LogP contribution in [0.15, 0.2) is 12.5 Å². The van der Waals surface area contributed by atoms with E-state index < -0.39 is 0 Å². The first-order valence-electron chi connectivity index (χ1n) is 4.81. The Morgan fingerprint density at radius 3 is 3.07 bits per heavy atom. The summed E-state index contributed by atoms with van der Waals surface area (Å²) in [6.07, 6.45) is 4.64. The Hall–Kier alpha value is -1.85. The number of nitrogen functional groups attached to an aromatic ring is 1. The molecule has 1 amide bonds. The molecule has 2 heterocycles. The van der Waals surface area contributed by atoms with E-state index in [1.54, 1.807) is 0 Å². The van der Waals surface area contributed by atoms with E-state index in [0.29, 0.717) is 11.5 Å². The Morgan fingerprint density at radius 1 is 1.60 bits per heavy atom. The molecule has 1 unspecified atom stereocenters. The first kappa shape index (κ1) is 9.70. The Morgan fingerprint density at radius 2 is 2.40 bits per heavy atom. The highest BCUT2D eigenvalue weighted by atomic mass is 16.1. The van der Waals surface area contributed by atoms with E-state index in [1.165, 1.54) is 12.5 Å². The van der Waals surface area contributed by atoms with Crippen LogP contribution in [0.3, 0.4) is 0 Å². The number of rotatable bonds is 2. The van der Waals surface area contributed by atoms with E-state index in [-0.39, 0.29) is 11.9 Å². The molecule has 4 N–H and O–H groups in total. The topological polar surface area (TPSA) is 98.1 Å². The normalized spacial score (nSPS) is 20.5. The summed E-state index contributed by atoms with van der Waals surface area (Å²) < 4.78 is 0. The lowest BCUT2D eigenvalue weighted by Gasteiger charge is -2.23. The molecule has 2 rings (SSSR count). The maximum atomic E-state index is 11.2. The molecule has 6 nitrogen and oxygen atoms in total. The number of primary amides is 1. The van der Waals surface area contributed by atoms with E-state index in [0.717, 1.165) is 19.4 Å². The molecule has 80 valence electrons. The van der Waals surface area contributed by atoms with Crippen molar-refractivity contribution in [1.82, 2.24) is 9.97 Å². The Bertz CT molecular complexity index is 381. The van der Waals surface area contributed by atoms with Crippen LogP contribution in [-0.4, -0.2) is 28.5 Å². The van der Waals surface area contributed by atoms with Crippen LogP contribution in [0, 0.1) is 0 Å². The maximum Gasteiger partial charge on any atom is 0.240 e.